The topological polar surface area (TPSA) is 61.4 Å². The van der Waals surface area contributed by atoms with Crippen LogP contribution in [0.15, 0.2) is 48.5 Å². The van der Waals surface area contributed by atoms with E-state index in [2.05, 4.69) is 33.2 Å². The zero-order valence-corrected chi connectivity index (χ0v) is 15.2. The van der Waals surface area contributed by atoms with Crippen molar-refractivity contribution in [1.82, 2.24) is 4.90 Å². The minimum absolute atomic E-state index is 0.0892. The van der Waals surface area contributed by atoms with Crippen molar-refractivity contribution in [3.05, 3.63) is 57.7 Å². The summed E-state index contributed by atoms with van der Waals surface area (Å²) in [7, 11) is 0. The summed E-state index contributed by atoms with van der Waals surface area (Å²) < 4.78 is 1.08. The van der Waals surface area contributed by atoms with E-state index in [1.807, 2.05) is 24.3 Å². The van der Waals surface area contributed by atoms with Gasteiger partial charge in [0, 0.05) is 33.6 Å². The quantitative estimate of drug-likeness (QED) is 0.712. The zero-order valence-electron chi connectivity index (χ0n) is 13.1. The molecule has 24 heavy (non-hydrogen) atoms. The van der Waals surface area contributed by atoms with E-state index in [0.29, 0.717) is 16.9 Å². The van der Waals surface area contributed by atoms with Gasteiger partial charge in [-0.3, -0.25) is 4.79 Å². The molecule has 1 saturated heterocycles. The number of nitrogens with zero attached hydrogens (tertiary/aromatic N) is 1. The van der Waals surface area contributed by atoms with E-state index in [-0.39, 0.29) is 11.9 Å². The Bertz CT molecular complexity index is 740. The molecule has 2 aromatic rings. The lowest BCUT2D eigenvalue weighted by atomic mass is 10.2. The van der Waals surface area contributed by atoms with Crippen molar-refractivity contribution in [2.75, 3.05) is 23.7 Å². The summed E-state index contributed by atoms with van der Waals surface area (Å²) in [5.41, 5.74) is 1.92. The van der Waals surface area contributed by atoms with Crippen LogP contribution in [0.4, 0.5) is 16.2 Å². The molecule has 1 aliphatic heterocycles. The number of hydrogen-bond donors (Lipinski definition) is 2. The number of carbonyl (C=O) groups excluding carboxylic acids is 2. The molecule has 0 saturated carbocycles. The predicted octanol–water partition coefficient (Wildman–Crippen LogP) is 4.17. The second-order valence-corrected chi connectivity index (χ2v) is 6.91. The third-order valence-electron chi connectivity index (χ3n) is 3.87. The van der Waals surface area contributed by atoms with E-state index < -0.39 is 0 Å². The van der Waals surface area contributed by atoms with Crippen LogP contribution >= 0.6 is 22.6 Å². The molecule has 0 spiro atoms. The number of amides is 3. The molecule has 3 amide bonds. The third-order valence-corrected chi connectivity index (χ3v) is 4.59. The number of urea groups is 1. The number of rotatable bonds is 3. The molecule has 1 aliphatic rings. The molecule has 0 bridgehead atoms. The molecule has 0 aliphatic carbocycles. The minimum atomic E-state index is -0.172. The number of benzene rings is 2. The molecule has 1 heterocycles. The molecule has 0 unspecified atom stereocenters. The number of carbonyl (C=O) groups is 2. The fourth-order valence-corrected chi connectivity index (χ4v) is 2.96. The van der Waals surface area contributed by atoms with Gasteiger partial charge in [-0.2, -0.15) is 0 Å². The summed E-state index contributed by atoms with van der Waals surface area (Å²) >= 11 is 2.20. The average Bonchev–Trinajstić information content (AvgIpc) is 3.10. The fraction of sp³-hybridized carbons (Fsp3) is 0.222. The lowest BCUT2D eigenvalue weighted by Gasteiger charge is -2.16. The first-order chi connectivity index (χ1) is 11.6. The van der Waals surface area contributed by atoms with E-state index in [1.165, 1.54) is 0 Å². The van der Waals surface area contributed by atoms with Crippen molar-refractivity contribution >= 4 is 45.9 Å². The number of nitrogens with one attached hydrogen (secondary N) is 2. The van der Waals surface area contributed by atoms with Crippen LogP contribution in [-0.2, 0) is 0 Å². The molecule has 5 nitrogen and oxygen atoms in total. The van der Waals surface area contributed by atoms with Gasteiger partial charge in [0.25, 0.3) is 5.91 Å². The van der Waals surface area contributed by atoms with Crippen molar-refractivity contribution in [2.24, 2.45) is 0 Å². The maximum absolute atomic E-state index is 12.3. The molecule has 0 atom stereocenters. The highest BCUT2D eigenvalue weighted by atomic mass is 127. The maximum atomic E-state index is 12.3. The average molecular weight is 435 g/mol. The van der Waals surface area contributed by atoms with Gasteiger partial charge in [0.15, 0.2) is 0 Å². The van der Waals surface area contributed by atoms with Crippen LogP contribution in [0.2, 0.25) is 0 Å². The molecule has 2 aromatic carbocycles. The Kier molecular flexibility index (Phi) is 5.34. The summed E-state index contributed by atoms with van der Waals surface area (Å²) in [5.74, 6) is -0.172. The Labute approximate surface area is 154 Å². The monoisotopic (exact) mass is 435 g/mol. The van der Waals surface area contributed by atoms with Crippen molar-refractivity contribution in [3.63, 3.8) is 0 Å². The van der Waals surface area contributed by atoms with Gasteiger partial charge in [-0.1, -0.05) is 6.07 Å². The largest absolute Gasteiger partial charge is 0.325 e. The summed E-state index contributed by atoms with van der Waals surface area (Å²) in [6, 6.07) is 14.5. The standard InChI is InChI=1S/C18H18IN3O2/c19-14-8-6-13(7-9-14)17(23)20-15-4-3-5-16(12-15)21-18(24)22-10-1-2-11-22/h3-9,12H,1-2,10-11H2,(H,20,23)(H,21,24). The van der Waals surface area contributed by atoms with Crippen molar-refractivity contribution in [2.45, 2.75) is 12.8 Å². The number of hydrogen-bond acceptors (Lipinski definition) is 2. The second-order valence-electron chi connectivity index (χ2n) is 5.67. The van der Waals surface area contributed by atoms with Crippen molar-refractivity contribution in [1.29, 1.82) is 0 Å². The van der Waals surface area contributed by atoms with Gasteiger partial charge in [-0.15, -0.1) is 0 Å². The highest BCUT2D eigenvalue weighted by Gasteiger charge is 2.17. The van der Waals surface area contributed by atoms with Crippen LogP contribution in [0.3, 0.4) is 0 Å². The van der Waals surface area contributed by atoms with Gasteiger partial charge in [0.05, 0.1) is 0 Å². The van der Waals surface area contributed by atoms with Crippen LogP contribution in [0.25, 0.3) is 0 Å². The Balaban J connectivity index is 1.65. The highest BCUT2D eigenvalue weighted by Crippen LogP contribution is 2.18. The van der Waals surface area contributed by atoms with Crippen LogP contribution in [0.5, 0.6) is 0 Å². The first-order valence-electron chi connectivity index (χ1n) is 7.85. The first kappa shape index (κ1) is 16.8. The predicted molar refractivity (Wildman–Crippen MR) is 103 cm³/mol. The maximum Gasteiger partial charge on any atom is 0.321 e. The van der Waals surface area contributed by atoms with E-state index >= 15 is 0 Å². The number of likely N-dealkylation sites (tertiary alicyclic amines) is 1. The highest BCUT2D eigenvalue weighted by molar-refractivity contribution is 14.1. The summed E-state index contributed by atoms with van der Waals surface area (Å²) in [5, 5.41) is 5.73. The smallest absolute Gasteiger partial charge is 0.321 e. The number of anilines is 2. The van der Waals surface area contributed by atoms with E-state index in [0.717, 1.165) is 29.5 Å². The van der Waals surface area contributed by atoms with Gasteiger partial charge in [0.1, 0.15) is 0 Å². The molecule has 6 heteroatoms. The molecule has 3 rings (SSSR count). The lowest BCUT2D eigenvalue weighted by molar-refractivity contribution is 0.102. The molecule has 2 N–H and O–H groups in total. The summed E-state index contributed by atoms with van der Waals surface area (Å²) in [4.78, 5) is 26.2. The molecule has 124 valence electrons. The zero-order chi connectivity index (χ0) is 16.9. The second kappa shape index (κ2) is 7.65. The molecule has 0 aromatic heterocycles. The Morgan fingerprint density at radius 2 is 1.54 bits per heavy atom. The van der Waals surface area contributed by atoms with Gasteiger partial charge < -0.3 is 15.5 Å². The van der Waals surface area contributed by atoms with E-state index in [1.54, 1.807) is 29.2 Å². The van der Waals surface area contributed by atoms with Crippen LogP contribution in [0.1, 0.15) is 23.2 Å². The third kappa shape index (κ3) is 4.25. The van der Waals surface area contributed by atoms with Crippen LogP contribution < -0.4 is 10.6 Å². The van der Waals surface area contributed by atoms with E-state index in [9.17, 15) is 9.59 Å². The minimum Gasteiger partial charge on any atom is -0.325 e. The van der Waals surface area contributed by atoms with Crippen molar-refractivity contribution < 1.29 is 9.59 Å². The van der Waals surface area contributed by atoms with Crippen LogP contribution in [0, 0.1) is 3.57 Å². The summed E-state index contributed by atoms with van der Waals surface area (Å²) in [6.07, 6.45) is 2.11. The van der Waals surface area contributed by atoms with Gasteiger partial charge in [-0.25, -0.2) is 4.79 Å². The van der Waals surface area contributed by atoms with Crippen LogP contribution in [-0.4, -0.2) is 29.9 Å². The first-order valence-corrected chi connectivity index (χ1v) is 8.92. The Morgan fingerprint density at radius 1 is 0.917 bits per heavy atom. The van der Waals surface area contributed by atoms with Gasteiger partial charge >= 0.3 is 6.03 Å². The molecular weight excluding hydrogens is 417 g/mol. The summed E-state index contributed by atoms with van der Waals surface area (Å²) in [6.45, 7) is 1.60. The molecular formula is C18H18IN3O2. The Hall–Kier alpha value is -2.09. The van der Waals surface area contributed by atoms with Gasteiger partial charge in [0.2, 0.25) is 0 Å². The van der Waals surface area contributed by atoms with Crippen molar-refractivity contribution in [3.8, 4) is 0 Å². The Morgan fingerprint density at radius 3 is 2.21 bits per heavy atom. The molecule has 1 fully saturated rings. The van der Waals surface area contributed by atoms with E-state index in [4.69, 9.17) is 0 Å². The van der Waals surface area contributed by atoms with Gasteiger partial charge in [-0.05, 0) is 77.9 Å². The fourth-order valence-electron chi connectivity index (χ4n) is 2.60. The normalized spacial score (nSPS) is 13.6. The lowest BCUT2D eigenvalue weighted by Crippen LogP contribution is -2.32. The molecule has 0 radical (unpaired) electrons. The SMILES string of the molecule is O=C(Nc1cccc(NC(=O)N2CCCC2)c1)c1ccc(I)cc1. The number of halogens is 1.